The van der Waals surface area contributed by atoms with Gasteiger partial charge in [0.15, 0.2) is 0 Å². The molecule has 0 amide bonds. The van der Waals surface area contributed by atoms with Gasteiger partial charge in [0.1, 0.15) is 6.29 Å². The molecule has 0 radical (unpaired) electrons. The van der Waals surface area contributed by atoms with Crippen LogP contribution < -0.4 is 0 Å². The summed E-state index contributed by atoms with van der Waals surface area (Å²) in [5.74, 6) is 0.852. The Labute approximate surface area is 194 Å². The lowest BCUT2D eigenvalue weighted by atomic mass is 9.97. The Hall–Kier alpha value is -1.15. The summed E-state index contributed by atoms with van der Waals surface area (Å²) in [6.07, 6.45) is 37.8. The highest BCUT2D eigenvalue weighted by atomic mass is 16.2. The summed E-state index contributed by atoms with van der Waals surface area (Å²) >= 11 is 0. The smallest absolute Gasteiger partial charge is 0.119 e. The second kappa shape index (κ2) is 26.9. The van der Waals surface area contributed by atoms with Crippen LogP contribution in [-0.4, -0.2) is 18.0 Å². The van der Waals surface area contributed by atoms with E-state index >= 15 is 0 Å². The van der Waals surface area contributed by atoms with E-state index in [1.165, 1.54) is 103 Å². The summed E-state index contributed by atoms with van der Waals surface area (Å²) in [5.41, 5.74) is 0. The van der Waals surface area contributed by atoms with Gasteiger partial charge in [-0.25, -0.2) is 0 Å². The fourth-order valence-electron chi connectivity index (χ4n) is 3.82. The molecule has 1 unspecified atom stereocenters. The minimum atomic E-state index is 0.341. The quantitative estimate of drug-likeness (QED) is 0.0715. The van der Waals surface area contributed by atoms with Crippen molar-refractivity contribution < 1.29 is 9.90 Å². The Morgan fingerprint density at radius 2 is 1.00 bits per heavy atom. The first-order chi connectivity index (χ1) is 15.3. The number of unbranched alkanes of at least 4 members (excludes halogenated alkanes) is 13. The number of aliphatic hydroxyl groups excluding tert-OH is 1. The monoisotopic (exact) mass is 432 g/mol. The highest BCUT2D eigenvalue weighted by molar-refractivity contribution is 5.48. The first-order valence-corrected chi connectivity index (χ1v) is 13.3. The highest BCUT2D eigenvalue weighted by Crippen LogP contribution is 2.16. The molecule has 0 bridgehead atoms. The standard InChI is InChI=1S/C29H52O2/c1-29(26-22-18-14-10-6-4-8-12-16-20-24-28-31)25-21-17-13-9-5-2-3-7-11-15-19-23-27-30/h2,5-6,9-10,13,28-30H,3-4,7-8,11-12,14-27H2,1H3/b5-2-,10-6+,13-9+. The number of carbonyl (C=O) groups is 1. The molecular weight excluding hydrogens is 380 g/mol. The number of aliphatic hydroxyl groups is 1. The van der Waals surface area contributed by atoms with Gasteiger partial charge < -0.3 is 9.90 Å². The average Bonchev–Trinajstić information content (AvgIpc) is 2.77. The highest BCUT2D eigenvalue weighted by Gasteiger charge is 2.00. The first kappa shape index (κ1) is 29.9. The SMILES string of the molecule is CC(CCC/C=C/C=C\CCCCCCCO)CCCC/C=C/CCCCCCC=O. The van der Waals surface area contributed by atoms with Crippen molar-refractivity contribution in [2.24, 2.45) is 5.92 Å². The van der Waals surface area contributed by atoms with E-state index in [2.05, 4.69) is 43.4 Å². The van der Waals surface area contributed by atoms with Crippen molar-refractivity contribution in [3.8, 4) is 0 Å². The minimum Gasteiger partial charge on any atom is -0.396 e. The Morgan fingerprint density at radius 1 is 0.548 bits per heavy atom. The van der Waals surface area contributed by atoms with E-state index in [4.69, 9.17) is 5.11 Å². The van der Waals surface area contributed by atoms with E-state index in [9.17, 15) is 4.79 Å². The number of carbonyl (C=O) groups excluding carboxylic acids is 1. The molecule has 0 heterocycles. The predicted octanol–water partition coefficient (Wildman–Crippen LogP) is 8.89. The Kier molecular flexibility index (Phi) is 25.9. The summed E-state index contributed by atoms with van der Waals surface area (Å²) in [5, 5.41) is 8.74. The molecule has 2 heteroatoms. The summed E-state index contributed by atoms with van der Waals surface area (Å²) in [6, 6.07) is 0. The molecule has 1 N–H and O–H groups in total. The molecule has 2 nitrogen and oxygen atoms in total. The molecule has 0 aliphatic rings. The number of hydrogen-bond donors (Lipinski definition) is 1. The lowest BCUT2D eigenvalue weighted by Gasteiger charge is -2.09. The Bertz CT molecular complexity index is 436. The first-order valence-electron chi connectivity index (χ1n) is 13.3. The zero-order valence-electron chi connectivity index (χ0n) is 20.6. The minimum absolute atomic E-state index is 0.341. The van der Waals surface area contributed by atoms with Crippen LogP contribution >= 0.6 is 0 Å². The van der Waals surface area contributed by atoms with Gasteiger partial charge in [-0.1, -0.05) is 94.7 Å². The average molecular weight is 433 g/mol. The van der Waals surface area contributed by atoms with Gasteiger partial charge in [0, 0.05) is 13.0 Å². The van der Waals surface area contributed by atoms with E-state index in [-0.39, 0.29) is 0 Å². The molecule has 180 valence electrons. The molecule has 31 heavy (non-hydrogen) atoms. The number of aldehydes is 1. The van der Waals surface area contributed by atoms with E-state index in [1.54, 1.807) is 0 Å². The van der Waals surface area contributed by atoms with E-state index < -0.39 is 0 Å². The second-order valence-electron chi connectivity index (χ2n) is 9.09. The third kappa shape index (κ3) is 26.8. The lowest BCUT2D eigenvalue weighted by Crippen LogP contribution is -1.94. The van der Waals surface area contributed by atoms with Crippen LogP contribution in [0.5, 0.6) is 0 Å². The molecule has 0 fully saturated rings. The van der Waals surface area contributed by atoms with Crippen molar-refractivity contribution in [1.29, 1.82) is 0 Å². The van der Waals surface area contributed by atoms with Crippen molar-refractivity contribution in [2.75, 3.05) is 6.61 Å². The van der Waals surface area contributed by atoms with Crippen LogP contribution in [0.4, 0.5) is 0 Å². The van der Waals surface area contributed by atoms with Gasteiger partial charge >= 0.3 is 0 Å². The Balaban J connectivity index is 3.36. The summed E-state index contributed by atoms with van der Waals surface area (Å²) in [7, 11) is 0. The largest absolute Gasteiger partial charge is 0.396 e. The zero-order chi connectivity index (χ0) is 22.7. The van der Waals surface area contributed by atoms with Crippen molar-refractivity contribution >= 4 is 6.29 Å². The van der Waals surface area contributed by atoms with Gasteiger partial charge in [-0.15, -0.1) is 0 Å². The maximum absolute atomic E-state index is 10.2. The molecule has 0 aromatic heterocycles. The molecule has 0 saturated heterocycles. The van der Waals surface area contributed by atoms with Gasteiger partial charge in [-0.2, -0.15) is 0 Å². The maximum Gasteiger partial charge on any atom is 0.119 e. The normalized spacial score (nSPS) is 13.1. The third-order valence-electron chi connectivity index (χ3n) is 5.91. The fourth-order valence-corrected chi connectivity index (χ4v) is 3.82. The number of allylic oxidation sites excluding steroid dienone is 6. The van der Waals surface area contributed by atoms with Crippen LogP contribution in [0.15, 0.2) is 36.5 Å². The molecular formula is C29H52O2. The summed E-state index contributed by atoms with van der Waals surface area (Å²) < 4.78 is 0. The molecule has 0 rings (SSSR count). The molecule has 0 aromatic carbocycles. The van der Waals surface area contributed by atoms with Gasteiger partial charge in [-0.3, -0.25) is 0 Å². The van der Waals surface area contributed by atoms with Crippen molar-refractivity contribution in [3.05, 3.63) is 36.5 Å². The molecule has 0 aromatic rings. The van der Waals surface area contributed by atoms with Crippen molar-refractivity contribution in [3.63, 3.8) is 0 Å². The number of hydrogen-bond acceptors (Lipinski definition) is 2. The topological polar surface area (TPSA) is 37.3 Å². The van der Waals surface area contributed by atoms with Crippen LogP contribution in [-0.2, 0) is 4.79 Å². The predicted molar refractivity (Wildman–Crippen MR) is 137 cm³/mol. The molecule has 0 aliphatic heterocycles. The van der Waals surface area contributed by atoms with Gasteiger partial charge in [0.25, 0.3) is 0 Å². The third-order valence-corrected chi connectivity index (χ3v) is 5.91. The van der Waals surface area contributed by atoms with Crippen molar-refractivity contribution in [2.45, 2.75) is 129 Å². The summed E-state index contributed by atoms with van der Waals surface area (Å²) in [4.78, 5) is 10.2. The second-order valence-corrected chi connectivity index (χ2v) is 9.09. The molecule has 0 saturated carbocycles. The van der Waals surface area contributed by atoms with E-state index in [0.717, 1.165) is 31.5 Å². The number of rotatable bonds is 24. The van der Waals surface area contributed by atoms with Crippen LogP contribution in [0.3, 0.4) is 0 Å². The zero-order valence-corrected chi connectivity index (χ0v) is 20.6. The van der Waals surface area contributed by atoms with E-state index in [0.29, 0.717) is 6.61 Å². The Morgan fingerprint density at radius 3 is 1.61 bits per heavy atom. The molecule has 0 spiro atoms. The lowest BCUT2D eigenvalue weighted by molar-refractivity contribution is -0.107. The van der Waals surface area contributed by atoms with E-state index in [1.807, 2.05) is 0 Å². The fraction of sp³-hybridized carbons (Fsp3) is 0.759. The van der Waals surface area contributed by atoms with Gasteiger partial charge in [0.05, 0.1) is 0 Å². The van der Waals surface area contributed by atoms with Crippen molar-refractivity contribution in [1.82, 2.24) is 0 Å². The van der Waals surface area contributed by atoms with Crippen LogP contribution in [0.1, 0.15) is 129 Å². The molecule has 0 aliphatic carbocycles. The maximum atomic E-state index is 10.2. The molecule has 1 atom stereocenters. The van der Waals surface area contributed by atoms with Gasteiger partial charge in [-0.05, 0) is 70.1 Å². The summed E-state index contributed by atoms with van der Waals surface area (Å²) in [6.45, 7) is 2.75. The van der Waals surface area contributed by atoms with Crippen LogP contribution in [0.2, 0.25) is 0 Å². The van der Waals surface area contributed by atoms with Crippen LogP contribution in [0.25, 0.3) is 0 Å². The van der Waals surface area contributed by atoms with Gasteiger partial charge in [0.2, 0.25) is 0 Å². The van der Waals surface area contributed by atoms with Crippen LogP contribution in [0, 0.1) is 5.92 Å².